The van der Waals surface area contributed by atoms with Crippen molar-refractivity contribution in [2.75, 3.05) is 10.6 Å². The van der Waals surface area contributed by atoms with Crippen LogP contribution >= 0.6 is 11.6 Å². The van der Waals surface area contributed by atoms with Crippen LogP contribution in [0.4, 0.5) is 11.4 Å². The van der Waals surface area contributed by atoms with E-state index in [1.807, 2.05) is 6.92 Å². The fraction of sp³-hybridized carbons (Fsp3) is 0.160. The lowest BCUT2D eigenvalue weighted by molar-refractivity contribution is -0.125. The van der Waals surface area contributed by atoms with Crippen molar-refractivity contribution in [3.8, 4) is 0 Å². The van der Waals surface area contributed by atoms with Crippen molar-refractivity contribution in [2.45, 2.75) is 26.9 Å². The molecule has 0 bridgehead atoms. The Morgan fingerprint density at radius 3 is 2.25 bits per heavy atom. The number of nitrogens with one attached hydrogen (secondary N) is 2. The number of esters is 1. The molecule has 1 unspecified atom stereocenters. The topological polar surface area (TPSA) is 84.5 Å². The predicted molar refractivity (Wildman–Crippen MR) is 125 cm³/mol. The molecule has 0 aliphatic carbocycles. The smallest absolute Gasteiger partial charge is 0.341 e. The number of hydrogen-bond acceptors (Lipinski definition) is 4. The highest BCUT2D eigenvalue weighted by molar-refractivity contribution is 6.31. The number of carbonyl (C=O) groups excluding carboxylic acids is 3. The maximum atomic E-state index is 13.1. The van der Waals surface area contributed by atoms with Crippen molar-refractivity contribution in [2.24, 2.45) is 0 Å². The first kappa shape index (κ1) is 23.0. The molecule has 3 aromatic carbocycles. The van der Waals surface area contributed by atoms with Crippen LogP contribution in [0.5, 0.6) is 0 Å². The highest BCUT2D eigenvalue weighted by Gasteiger charge is 2.27. The predicted octanol–water partition coefficient (Wildman–Crippen LogP) is 5.45. The molecule has 1 atom stereocenters. The summed E-state index contributed by atoms with van der Waals surface area (Å²) in [6.45, 7) is 4.98. The summed E-state index contributed by atoms with van der Waals surface area (Å²) < 4.78 is 5.65. The second-order valence-electron chi connectivity index (χ2n) is 7.33. The number of halogens is 1. The summed E-state index contributed by atoms with van der Waals surface area (Å²) in [5, 5.41) is 5.92. The molecule has 164 valence electrons. The third-order valence-corrected chi connectivity index (χ3v) is 5.21. The van der Waals surface area contributed by atoms with Gasteiger partial charge in [0.25, 0.3) is 5.91 Å². The van der Waals surface area contributed by atoms with Crippen LogP contribution in [-0.4, -0.2) is 17.8 Å². The van der Waals surface area contributed by atoms with Gasteiger partial charge < -0.3 is 15.4 Å². The Morgan fingerprint density at radius 1 is 0.875 bits per heavy atom. The summed E-state index contributed by atoms with van der Waals surface area (Å²) >= 11 is 6.16. The van der Waals surface area contributed by atoms with E-state index in [1.54, 1.807) is 73.7 Å². The van der Waals surface area contributed by atoms with E-state index >= 15 is 0 Å². The van der Waals surface area contributed by atoms with E-state index < -0.39 is 18.0 Å². The molecule has 3 aromatic rings. The first-order valence-corrected chi connectivity index (χ1v) is 10.3. The van der Waals surface area contributed by atoms with Gasteiger partial charge in [-0.25, -0.2) is 4.79 Å². The molecule has 2 N–H and O–H groups in total. The average Bonchev–Trinajstić information content (AvgIpc) is 2.76. The highest BCUT2D eigenvalue weighted by atomic mass is 35.5. The van der Waals surface area contributed by atoms with Crippen LogP contribution in [0.1, 0.15) is 40.1 Å². The van der Waals surface area contributed by atoms with Crippen molar-refractivity contribution in [1.29, 1.82) is 0 Å². The average molecular weight is 451 g/mol. The fourth-order valence-electron chi connectivity index (χ4n) is 3.13. The molecule has 0 saturated carbocycles. The second kappa shape index (κ2) is 10.1. The van der Waals surface area contributed by atoms with Gasteiger partial charge in [0, 0.05) is 23.2 Å². The van der Waals surface area contributed by atoms with E-state index in [-0.39, 0.29) is 11.5 Å². The Balaban J connectivity index is 1.91. The first-order valence-electron chi connectivity index (χ1n) is 9.96. The summed E-state index contributed by atoms with van der Waals surface area (Å²) in [7, 11) is 0. The fourth-order valence-corrected chi connectivity index (χ4v) is 3.31. The van der Waals surface area contributed by atoms with Gasteiger partial charge in [-0.1, -0.05) is 60.1 Å². The Bertz CT molecular complexity index is 1160. The van der Waals surface area contributed by atoms with Crippen LogP contribution in [0, 0.1) is 13.8 Å². The molecule has 0 fully saturated rings. The molecule has 7 heteroatoms. The molecule has 0 saturated heterocycles. The van der Waals surface area contributed by atoms with Crippen molar-refractivity contribution in [1.82, 2.24) is 0 Å². The summed E-state index contributed by atoms with van der Waals surface area (Å²) in [5.41, 5.74) is 3.07. The molecule has 3 rings (SSSR count). The molecule has 0 heterocycles. The monoisotopic (exact) mass is 450 g/mol. The van der Waals surface area contributed by atoms with Crippen molar-refractivity contribution < 1.29 is 19.1 Å². The van der Waals surface area contributed by atoms with Crippen LogP contribution in [0.3, 0.4) is 0 Å². The van der Waals surface area contributed by atoms with E-state index in [1.165, 1.54) is 6.92 Å². The molecule has 6 nitrogen and oxygen atoms in total. The van der Waals surface area contributed by atoms with E-state index in [4.69, 9.17) is 16.3 Å². The molecule has 0 aromatic heterocycles. The van der Waals surface area contributed by atoms with Gasteiger partial charge in [-0.3, -0.25) is 9.59 Å². The van der Waals surface area contributed by atoms with Gasteiger partial charge in [-0.05, 0) is 43.2 Å². The minimum Gasteiger partial charge on any atom is -0.444 e. The molecule has 0 spiro atoms. The lowest BCUT2D eigenvalue weighted by atomic mass is 10.1. The van der Waals surface area contributed by atoms with E-state index in [0.717, 1.165) is 5.56 Å². The van der Waals surface area contributed by atoms with Crippen LogP contribution in [0.25, 0.3) is 0 Å². The van der Waals surface area contributed by atoms with E-state index in [0.29, 0.717) is 27.5 Å². The van der Waals surface area contributed by atoms with Gasteiger partial charge in [-0.2, -0.15) is 0 Å². The summed E-state index contributed by atoms with van der Waals surface area (Å²) in [5.74, 6) is -1.58. The maximum absolute atomic E-state index is 13.1. The number of rotatable bonds is 6. The molecule has 0 radical (unpaired) electrons. The van der Waals surface area contributed by atoms with Crippen LogP contribution in [0.2, 0.25) is 5.02 Å². The van der Waals surface area contributed by atoms with Gasteiger partial charge in [0.05, 0.1) is 11.3 Å². The van der Waals surface area contributed by atoms with Gasteiger partial charge in [0.15, 0.2) is 0 Å². The molecular formula is C25H23ClN2O4. The standard InChI is InChI=1S/C25H23ClN2O4/c1-15-12-13-19(14-21(15)26)28-24(30)23(18-9-5-4-6-10-18)32-25(31)20-11-7-8-16(2)22(20)27-17(3)29/h4-14,23H,1-3H3,(H,27,29)(H,28,30). The third-order valence-electron chi connectivity index (χ3n) is 4.80. The summed E-state index contributed by atoms with van der Waals surface area (Å²) in [6.07, 6.45) is -1.21. The number of ether oxygens (including phenoxy) is 1. The molecular weight excluding hydrogens is 428 g/mol. The van der Waals surface area contributed by atoms with Gasteiger partial charge in [-0.15, -0.1) is 0 Å². The Hall–Kier alpha value is -3.64. The van der Waals surface area contributed by atoms with Crippen LogP contribution in [-0.2, 0) is 14.3 Å². The number of aryl methyl sites for hydroxylation is 2. The Labute approximate surface area is 191 Å². The zero-order chi connectivity index (χ0) is 23.3. The van der Waals surface area contributed by atoms with E-state index in [9.17, 15) is 14.4 Å². The summed E-state index contributed by atoms with van der Waals surface area (Å²) in [4.78, 5) is 37.8. The van der Waals surface area contributed by atoms with Gasteiger partial charge >= 0.3 is 5.97 Å². The molecule has 2 amide bonds. The number of para-hydroxylation sites is 1. The second-order valence-corrected chi connectivity index (χ2v) is 7.74. The zero-order valence-corrected chi connectivity index (χ0v) is 18.7. The van der Waals surface area contributed by atoms with Gasteiger partial charge in [0.2, 0.25) is 12.0 Å². The van der Waals surface area contributed by atoms with Crippen molar-refractivity contribution >= 4 is 40.8 Å². The van der Waals surface area contributed by atoms with Crippen molar-refractivity contribution in [3.63, 3.8) is 0 Å². The van der Waals surface area contributed by atoms with E-state index in [2.05, 4.69) is 10.6 Å². The minimum absolute atomic E-state index is 0.160. The zero-order valence-electron chi connectivity index (χ0n) is 17.9. The number of carbonyl (C=O) groups is 3. The molecule has 32 heavy (non-hydrogen) atoms. The highest BCUT2D eigenvalue weighted by Crippen LogP contribution is 2.27. The number of amides is 2. The Morgan fingerprint density at radius 2 is 1.59 bits per heavy atom. The third kappa shape index (κ3) is 5.53. The largest absolute Gasteiger partial charge is 0.444 e. The lowest BCUT2D eigenvalue weighted by Crippen LogP contribution is -2.26. The minimum atomic E-state index is -1.21. The maximum Gasteiger partial charge on any atom is 0.341 e. The number of benzene rings is 3. The van der Waals surface area contributed by atoms with Crippen LogP contribution in [0.15, 0.2) is 66.7 Å². The summed E-state index contributed by atoms with van der Waals surface area (Å²) in [6, 6.07) is 18.8. The van der Waals surface area contributed by atoms with Crippen LogP contribution < -0.4 is 10.6 Å². The van der Waals surface area contributed by atoms with Gasteiger partial charge in [0.1, 0.15) is 0 Å². The lowest BCUT2D eigenvalue weighted by Gasteiger charge is -2.20. The SMILES string of the molecule is CC(=O)Nc1c(C)cccc1C(=O)OC(C(=O)Nc1ccc(C)c(Cl)c1)c1ccccc1. The number of hydrogen-bond donors (Lipinski definition) is 2. The van der Waals surface area contributed by atoms with Crippen molar-refractivity contribution in [3.05, 3.63) is 94.0 Å². The number of anilines is 2. The Kier molecular flexibility index (Phi) is 7.28. The normalized spacial score (nSPS) is 11.4. The quantitative estimate of drug-likeness (QED) is 0.489. The first-order chi connectivity index (χ1) is 15.3. The molecule has 0 aliphatic heterocycles. The molecule has 0 aliphatic rings.